The summed E-state index contributed by atoms with van der Waals surface area (Å²) in [5.74, 6) is 0.0681. The molecule has 0 bridgehead atoms. The van der Waals surface area contributed by atoms with Crippen LogP contribution >= 0.6 is 0 Å². The highest BCUT2D eigenvalue weighted by Gasteiger charge is 2.36. The minimum Gasteiger partial charge on any atom is -0.490 e. The number of benzene rings is 2. The molecule has 2 amide bonds. The number of ether oxygens (including phenoxy) is 1. The fraction of sp³-hybridized carbons (Fsp3) is 0.263. The Labute approximate surface area is 155 Å². The van der Waals surface area contributed by atoms with E-state index in [0.717, 1.165) is 0 Å². The molecule has 0 fully saturated rings. The number of nitro groups is 1. The third-order valence-electron chi connectivity index (χ3n) is 4.39. The molecule has 1 heterocycles. The number of anilines is 2. The molecule has 2 aromatic carbocycles. The molecule has 8 nitrogen and oxygen atoms in total. The SMILES string of the molecule is CN1C(=O)C(C)(C)COc2ccc(NC(=O)c3ccc([N+](=O)[O-])cc3)cc21. The number of nitrogens with one attached hydrogen (secondary N) is 1. The van der Waals surface area contributed by atoms with Gasteiger partial charge >= 0.3 is 0 Å². The minimum absolute atomic E-state index is 0.0832. The van der Waals surface area contributed by atoms with Crippen molar-refractivity contribution in [1.82, 2.24) is 0 Å². The molecule has 140 valence electrons. The predicted octanol–water partition coefficient (Wildman–Crippen LogP) is 3.23. The first-order chi connectivity index (χ1) is 12.7. The van der Waals surface area contributed by atoms with Crippen molar-refractivity contribution < 1.29 is 19.2 Å². The zero-order valence-electron chi connectivity index (χ0n) is 15.2. The lowest BCUT2D eigenvalue weighted by Gasteiger charge is -2.24. The van der Waals surface area contributed by atoms with E-state index in [1.54, 1.807) is 25.2 Å². The van der Waals surface area contributed by atoms with Crippen LogP contribution in [0, 0.1) is 15.5 Å². The Balaban J connectivity index is 1.83. The average molecular weight is 369 g/mol. The molecule has 0 aromatic heterocycles. The Bertz CT molecular complexity index is 921. The molecular formula is C19H19N3O5. The van der Waals surface area contributed by atoms with Crippen LogP contribution in [0.4, 0.5) is 17.1 Å². The molecule has 27 heavy (non-hydrogen) atoms. The number of carbonyl (C=O) groups is 2. The van der Waals surface area contributed by atoms with E-state index in [0.29, 0.717) is 17.1 Å². The van der Waals surface area contributed by atoms with Crippen LogP contribution in [0.3, 0.4) is 0 Å². The maximum Gasteiger partial charge on any atom is 0.269 e. The van der Waals surface area contributed by atoms with Gasteiger partial charge in [0.05, 0.1) is 16.0 Å². The molecule has 0 radical (unpaired) electrons. The number of fused-ring (bicyclic) bond motifs is 1. The second-order valence-electron chi connectivity index (χ2n) is 6.98. The summed E-state index contributed by atoms with van der Waals surface area (Å²) >= 11 is 0. The van der Waals surface area contributed by atoms with E-state index in [9.17, 15) is 19.7 Å². The van der Waals surface area contributed by atoms with Gasteiger partial charge in [0, 0.05) is 30.4 Å². The maximum atomic E-state index is 12.6. The zero-order valence-corrected chi connectivity index (χ0v) is 15.2. The summed E-state index contributed by atoms with van der Waals surface area (Å²) in [6.45, 7) is 3.89. The molecule has 3 rings (SSSR count). The van der Waals surface area contributed by atoms with Crippen LogP contribution in [0.2, 0.25) is 0 Å². The van der Waals surface area contributed by atoms with Crippen molar-refractivity contribution >= 4 is 28.9 Å². The zero-order chi connectivity index (χ0) is 19.8. The quantitative estimate of drug-likeness (QED) is 0.661. The van der Waals surface area contributed by atoms with E-state index in [2.05, 4.69) is 5.32 Å². The molecule has 0 aliphatic carbocycles. The van der Waals surface area contributed by atoms with Gasteiger partial charge in [-0.15, -0.1) is 0 Å². The van der Waals surface area contributed by atoms with Gasteiger partial charge in [0.1, 0.15) is 12.4 Å². The lowest BCUT2D eigenvalue weighted by atomic mass is 9.93. The number of carbonyl (C=O) groups excluding carboxylic acids is 2. The van der Waals surface area contributed by atoms with Crippen LogP contribution in [0.15, 0.2) is 42.5 Å². The van der Waals surface area contributed by atoms with Gasteiger partial charge in [-0.05, 0) is 44.2 Å². The monoisotopic (exact) mass is 369 g/mol. The standard InChI is InChI=1S/C19H19N3O5/c1-19(2)11-27-16-9-6-13(10-15(16)21(3)18(19)24)20-17(23)12-4-7-14(8-5-12)22(25)26/h4-10H,11H2,1-3H3,(H,20,23). The normalized spacial score (nSPS) is 15.4. The van der Waals surface area contributed by atoms with Crippen LogP contribution in [-0.2, 0) is 4.79 Å². The molecule has 0 spiro atoms. The largest absolute Gasteiger partial charge is 0.490 e. The van der Waals surface area contributed by atoms with Gasteiger partial charge < -0.3 is 15.0 Å². The van der Waals surface area contributed by atoms with Crippen molar-refractivity contribution in [3.63, 3.8) is 0 Å². The summed E-state index contributed by atoms with van der Waals surface area (Å²) in [4.78, 5) is 36.7. The Morgan fingerprint density at radius 3 is 2.52 bits per heavy atom. The lowest BCUT2D eigenvalue weighted by molar-refractivity contribution is -0.384. The molecule has 0 unspecified atom stereocenters. The van der Waals surface area contributed by atoms with Crippen LogP contribution < -0.4 is 15.0 Å². The average Bonchev–Trinajstić information content (AvgIpc) is 2.72. The summed E-state index contributed by atoms with van der Waals surface area (Å²) < 4.78 is 5.75. The smallest absolute Gasteiger partial charge is 0.269 e. The van der Waals surface area contributed by atoms with Gasteiger partial charge in [-0.2, -0.15) is 0 Å². The van der Waals surface area contributed by atoms with Gasteiger partial charge in [-0.3, -0.25) is 19.7 Å². The molecule has 1 aliphatic heterocycles. The van der Waals surface area contributed by atoms with Crippen LogP contribution in [0.25, 0.3) is 0 Å². The van der Waals surface area contributed by atoms with E-state index in [-0.39, 0.29) is 23.8 Å². The van der Waals surface area contributed by atoms with E-state index < -0.39 is 16.2 Å². The van der Waals surface area contributed by atoms with Gasteiger partial charge in [0.15, 0.2) is 0 Å². The van der Waals surface area contributed by atoms with Crippen molar-refractivity contribution in [3.8, 4) is 5.75 Å². The predicted molar refractivity (Wildman–Crippen MR) is 100 cm³/mol. The van der Waals surface area contributed by atoms with E-state index >= 15 is 0 Å². The highest BCUT2D eigenvalue weighted by molar-refractivity contribution is 6.05. The van der Waals surface area contributed by atoms with Gasteiger partial charge in [0.25, 0.3) is 11.6 Å². The maximum absolute atomic E-state index is 12.6. The highest BCUT2D eigenvalue weighted by atomic mass is 16.6. The van der Waals surface area contributed by atoms with Crippen molar-refractivity contribution in [2.24, 2.45) is 5.41 Å². The molecule has 0 saturated heterocycles. The third-order valence-corrected chi connectivity index (χ3v) is 4.39. The van der Waals surface area contributed by atoms with Gasteiger partial charge in [-0.25, -0.2) is 0 Å². The third kappa shape index (κ3) is 3.59. The fourth-order valence-corrected chi connectivity index (χ4v) is 2.80. The van der Waals surface area contributed by atoms with Crippen LogP contribution in [0.5, 0.6) is 5.75 Å². The lowest BCUT2D eigenvalue weighted by Crippen LogP contribution is -2.39. The molecule has 1 N–H and O–H groups in total. The first-order valence-electron chi connectivity index (χ1n) is 8.30. The number of hydrogen-bond donors (Lipinski definition) is 1. The van der Waals surface area contributed by atoms with E-state index in [1.165, 1.54) is 29.2 Å². The molecular weight excluding hydrogens is 350 g/mol. The number of nitrogens with zero attached hydrogens (tertiary/aromatic N) is 2. The second-order valence-corrected chi connectivity index (χ2v) is 6.98. The second kappa shape index (κ2) is 6.71. The summed E-state index contributed by atoms with van der Waals surface area (Å²) in [7, 11) is 1.67. The van der Waals surface area contributed by atoms with Crippen molar-refractivity contribution in [2.45, 2.75) is 13.8 Å². The Morgan fingerprint density at radius 1 is 1.22 bits per heavy atom. The molecule has 2 aromatic rings. The number of hydrogen-bond acceptors (Lipinski definition) is 5. The summed E-state index contributed by atoms with van der Waals surface area (Å²) in [6, 6.07) is 10.4. The molecule has 8 heteroatoms. The van der Waals surface area contributed by atoms with Crippen molar-refractivity contribution in [2.75, 3.05) is 23.9 Å². The number of rotatable bonds is 3. The summed E-state index contributed by atoms with van der Waals surface area (Å²) in [5, 5.41) is 13.4. The molecule has 0 atom stereocenters. The van der Waals surface area contributed by atoms with Crippen molar-refractivity contribution in [1.29, 1.82) is 0 Å². The summed E-state index contributed by atoms with van der Waals surface area (Å²) in [5.41, 5.74) is 0.594. The first kappa shape index (κ1) is 18.4. The number of amides is 2. The Kier molecular flexibility index (Phi) is 4.57. The van der Waals surface area contributed by atoms with Crippen LogP contribution in [-0.4, -0.2) is 30.4 Å². The van der Waals surface area contributed by atoms with Gasteiger partial charge in [0.2, 0.25) is 5.91 Å². The van der Waals surface area contributed by atoms with E-state index in [1.807, 2.05) is 13.8 Å². The van der Waals surface area contributed by atoms with Crippen LogP contribution in [0.1, 0.15) is 24.2 Å². The first-order valence-corrected chi connectivity index (χ1v) is 8.30. The molecule has 1 aliphatic rings. The Morgan fingerprint density at radius 2 is 1.89 bits per heavy atom. The number of non-ortho nitro benzene ring substituents is 1. The van der Waals surface area contributed by atoms with Crippen molar-refractivity contribution in [3.05, 3.63) is 58.1 Å². The topological polar surface area (TPSA) is 102 Å². The van der Waals surface area contributed by atoms with Gasteiger partial charge in [-0.1, -0.05) is 0 Å². The van der Waals surface area contributed by atoms with E-state index in [4.69, 9.17) is 4.74 Å². The fourth-order valence-electron chi connectivity index (χ4n) is 2.80. The minimum atomic E-state index is -0.657. The number of nitro benzene ring substituents is 1. The summed E-state index contributed by atoms with van der Waals surface area (Å²) in [6.07, 6.45) is 0. The highest BCUT2D eigenvalue weighted by Crippen LogP contribution is 2.37. The molecule has 0 saturated carbocycles. The Hall–Kier alpha value is -3.42.